The van der Waals surface area contributed by atoms with Crippen molar-refractivity contribution in [2.75, 3.05) is 11.4 Å². The molecule has 0 aliphatic carbocycles. The standard InChI is InChI=1S/C16H15NO4/c18-12-8-9-17(11-5-2-1-4-10(11)12)16(21)15-13(19)6-3-7-14(15)20/h1-7,12,18-20H,8-9H2. The van der Waals surface area contributed by atoms with Crippen LogP contribution in [-0.4, -0.2) is 27.8 Å². The average molecular weight is 285 g/mol. The monoisotopic (exact) mass is 285 g/mol. The molecule has 1 unspecified atom stereocenters. The molecule has 1 aliphatic rings. The molecule has 0 aromatic heterocycles. The van der Waals surface area contributed by atoms with Crippen molar-refractivity contribution in [1.82, 2.24) is 0 Å². The SMILES string of the molecule is O=C(c1c(O)cccc1O)N1CCC(O)c2ccccc21. The lowest BCUT2D eigenvalue weighted by Gasteiger charge is -2.32. The van der Waals surface area contributed by atoms with Gasteiger partial charge in [0.1, 0.15) is 17.1 Å². The van der Waals surface area contributed by atoms with E-state index in [1.807, 2.05) is 0 Å². The summed E-state index contributed by atoms with van der Waals surface area (Å²) in [4.78, 5) is 14.1. The molecular weight excluding hydrogens is 270 g/mol. The van der Waals surface area contributed by atoms with Crippen LogP contribution in [0.15, 0.2) is 42.5 Å². The van der Waals surface area contributed by atoms with E-state index in [4.69, 9.17) is 0 Å². The number of carbonyl (C=O) groups is 1. The second kappa shape index (κ2) is 5.10. The van der Waals surface area contributed by atoms with E-state index in [0.717, 1.165) is 0 Å². The number of aliphatic hydroxyl groups excluding tert-OH is 1. The third-order valence-electron chi connectivity index (χ3n) is 3.69. The topological polar surface area (TPSA) is 81.0 Å². The molecule has 0 radical (unpaired) electrons. The first kappa shape index (κ1) is 13.5. The molecule has 5 heteroatoms. The zero-order valence-electron chi connectivity index (χ0n) is 11.2. The summed E-state index contributed by atoms with van der Waals surface area (Å²) >= 11 is 0. The van der Waals surface area contributed by atoms with Crippen LogP contribution in [0.1, 0.15) is 28.4 Å². The molecule has 108 valence electrons. The van der Waals surface area contributed by atoms with Gasteiger partial charge < -0.3 is 20.2 Å². The first-order chi connectivity index (χ1) is 10.1. The number of aromatic hydroxyl groups is 2. The third-order valence-corrected chi connectivity index (χ3v) is 3.69. The number of nitrogens with zero attached hydrogens (tertiary/aromatic N) is 1. The molecule has 1 atom stereocenters. The fourth-order valence-corrected chi connectivity index (χ4v) is 2.64. The largest absolute Gasteiger partial charge is 0.507 e. The number of phenolic OH excluding ortho intramolecular Hbond substituents is 2. The van der Waals surface area contributed by atoms with Gasteiger partial charge in [0.15, 0.2) is 0 Å². The summed E-state index contributed by atoms with van der Waals surface area (Å²) < 4.78 is 0. The van der Waals surface area contributed by atoms with E-state index in [0.29, 0.717) is 24.2 Å². The summed E-state index contributed by atoms with van der Waals surface area (Å²) in [6, 6.07) is 11.3. The van der Waals surface area contributed by atoms with Crippen LogP contribution in [0.4, 0.5) is 5.69 Å². The number of rotatable bonds is 1. The Morgan fingerprint density at radius 1 is 1.05 bits per heavy atom. The van der Waals surface area contributed by atoms with E-state index in [2.05, 4.69) is 0 Å². The highest BCUT2D eigenvalue weighted by Gasteiger charge is 2.30. The molecule has 3 N–H and O–H groups in total. The van der Waals surface area contributed by atoms with Crippen molar-refractivity contribution in [3.05, 3.63) is 53.6 Å². The van der Waals surface area contributed by atoms with Crippen LogP contribution in [0, 0.1) is 0 Å². The molecule has 0 spiro atoms. The van der Waals surface area contributed by atoms with Gasteiger partial charge in [0.25, 0.3) is 5.91 Å². The summed E-state index contributed by atoms with van der Waals surface area (Å²) in [7, 11) is 0. The highest BCUT2D eigenvalue weighted by molar-refractivity contribution is 6.10. The molecule has 1 aliphatic heterocycles. The number of amides is 1. The number of hydrogen-bond donors (Lipinski definition) is 3. The van der Waals surface area contributed by atoms with E-state index in [1.165, 1.54) is 23.1 Å². The summed E-state index contributed by atoms with van der Waals surface area (Å²) in [5, 5.41) is 29.7. The number of para-hydroxylation sites is 1. The third kappa shape index (κ3) is 2.21. The normalized spacial score (nSPS) is 17.4. The number of phenols is 2. The zero-order chi connectivity index (χ0) is 15.0. The van der Waals surface area contributed by atoms with Crippen LogP contribution < -0.4 is 4.90 Å². The van der Waals surface area contributed by atoms with Crippen LogP contribution in [0.5, 0.6) is 11.5 Å². The minimum absolute atomic E-state index is 0.122. The van der Waals surface area contributed by atoms with Gasteiger partial charge >= 0.3 is 0 Å². The van der Waals surface area contributed by atoms with Crippen molar-refractivity contribution in [3.8, 4) is 11.5 Å². The van der Waals surface area contributed by atoms with Crippen molar-refractivity contribution in [3.63, 3.8) is 0 Å². The summed E-state index contributed by atoms with van der Waals surface area (Å²) in [6.07, 6.45) is -0.194. The quantitative estimate of drug-likeness (QED) is 0.750. The average Bonchev–Trinajstić information content (AvgIpc) is 2.47. The van der Waals surface area contributed by atoms with Crippen LogP contribution in [0.2, 0.25) is 0 Å². The molecule has 2 aromatic carbocycles. The second-order valence-corrected chi connectivity index (χ2v) is 4.99. The van der Waals surface area contributed by atoms with Crippen molar-refractivity contribution in [2.24, 2.45) is 0 Å². The van der Waals surface area contributed by atoms with Gasteiger partial charge in [-0.25, -0.2) is 0 Å². The maximum absolute atomic E-state index is 12.6. The Morgan fingerprint density at radius 3 is 2.43 bits per heavy atom. The predicted octanol–water partition coefficient (Wildman–Crippen LogP) is 2.18. The van der Waals surface area contributed by atoms with Gasteiger partial charge in [-0.3, -0.25) is 4.79 Å². The van der Waals surface area contributed by atoms with Crippen molar-refractivity contribution in [1.29, 1.82) is 0 Å². The Labute approximate surface area is 121 Å². The van der Waals surface area contributed by atoms with Gasteiger partial charge in [-0.2, -0.15) is 0 Å². The highest BCUT2D eigenvalue weighted by Crippen LogP contribution is 2.36. The van der Waals surface area contributed by atoms with Crippen molar-refractivity contribution >= 4 is 11.6 Å². The number of hydrogen-bond acceptors (Lipinski definition) is 4. The van der Waals surface area contributed by atoms with Crippen molar-refractivity contribution < 1.29 is 20.1 Å². The lowest BCUT2D eigenvalue weighted by atomic mass is 9.98. The van der Waals surface area contributed by atoms with Gasteiger partial charge in [0.05, 0.1) is 6.10 Å². The molecule has 0 saturated heterocycles. The summed E-state index contributed by atoms with van der Waals surface area (Å²) in [5.74, 6) is -1.00. The molecule has 21 heavy (non-hydrogen) atoms. The first-order valence-electron chi connectivity index (χ1n) is 6.69. The summed E-state index contributed by atoms with van der Waals surface area (Å²) in [6.45, 7) is 0.324. The van der Waals surface area contributed by atoms with E-state index in [1.54, 1.807) is 24.3 Å². The highest BCUT2D eigenvalue weighted by atomic mass is 16.3. The maximum atomic E-state index is 12.6. The Balaban J connectivity index is 2.06. The van der Waals surface area contributed by atoms with Gasteiger partial charge in [-0.15, -0.1) is 0 Å². The Bertz CT molecular complexity index is 678. The summed E-state index contributed by atoms with van der Waals surface area (Å²) in [5.41, 5.74) is 1.15. The molecule has 2 aromatic rings. The molecular formula is C16H15NO4. The molecule has 1 amide bonds. The Morgan fingerprint density at radius 2 is 1.71 bits per heavy atom. The van der Waals surface area contributed by atoms with E-state index in [-0.39, 0.29) is 17.1 Å². The fourth-order valence-electron chi connectivity index (χ4n) is 2.64. The fraction of sp³-hybridized carbons (Fsp3) is 0.188. The van der Waals surface area contributed by atoms with Crippen LogP contribution in [0.25, 0.3) is 0 Å². The molecule has 3 rings (SSSR count). The Hall–Kier alpha value is -2.53. The van der Waals surface area contributed by atoms with Gasteiger partial charge in [0.2, 0.25) is 0 Å². The maximum Gasteiger partial charge on any atom is 0.265 e. The molecule has 1 heterocycles. The molecule has 0 bridgehead atoms. The zero-order valence-corrected chi connectivity index (χ0v) is 11.2. The molecule has 5 nitrogen and oxygen atoms in total. The first-order valence-corrected chi connectivity index (χ1v) is 6.69. The van der Waals surface area contributed by atoms with E-state index in [9.17, 15) is 20.1 Å². The number of anilines is 1. The van der Waals surface area contributed by atoms with E-state index < -0.39 is 12.0 Å². The number of aliphatic hydroxyl groups is 1. The minimum Gasteiger partial charge on any atom is -0.507 e. The Kier molecular flexibility index (Phi) is 3.27. The molecule has 0 fully saturated rings. The number of benzene rings is 2. The second-order valence-electron chi connectivity index (χ2n) is 4.99. The van der Waals surface area contributed by atoms with Gasteiger partial charge in [0, 0.05) is 17.8 Å². The van der Waals surface area contributed by atoms with Crippen molar-refractivity contribution in [2.45, 2.75) is 12.5 Å². The molecule has 0 saturated carbocycles. The van der Waals surface area contributed by atoms with Crippen LogP contribution in [0.3, 0.4) is 0 Å². The number of fused-ring (bicyclic) bond motifs is 1. The van der Waals surface area contributed by atoms with Crippen LogP contribution >= 0.6 is 0 Å². The predicted molar refractivity (Wildman–Crippen MR) is 77.5 cm³/mol. The number of carbonyl (C=O) groups excluding carboxylic acids is 1. The minimum atomic E-state index is -0.608. The van der Waals surface area contributed by atoms with Crippen LogP contribution in [-0.2, 0) is 0 Å². The lowest BCUT2D eigenvalue weighted by Crippen LogP contribution is -2.36. The lowest BCUT2D eigenvalue weighted by molar-refractivity contribution is 0.0965. The van der Waals surface area contributed by atoms with Gasteiger partial charge in [-0.1, -0.05) is 24.3 Å². The smallest absolute Gasteiger partial charge is 0.265 e. The van der Waals surface area contributed by atoms with E-state index >= 15 is 0 Å². The van der Waals surface area contributed by atoms with Gasteiger partial charge in [-0.05, 0) is 24.6 Å².